The molecule has 1 heterocycles. The Hall–Kier alpha value is -4.19. The highest BCUT2D eigenvalue weighted by Gasteiger charge is 2.26. The third-order valence-corrected chi connectivity index (χ3v) is 11.1. The molecule has 4 aromatic rings. The smallest absolute Gasteiger partial charge is 0.264 e. The number of sulfonamides is 2. The predicted molar refractivity (Wildman–Crippen MR) is 170 cm³/mol. The Bertz CT molecular complexity index is 1740. The fraction of sp³-hybridized carbons (Fsp3) is 0.242. The van der Waals surface area contributed by atoms with E-state index in [2.05, 4.69) is 5.32 Å². The molecule has 5 rings (SSSR count). The molecule has 1 aliphatic heterocycles. The highest BCUT2D eigenvalue weighted by Crippen LogP contribution is 2.26. The number of rotatable bonds is 12. The molecule has 0 radical (unpaired) electrons. The second-order valence-corrected chi connectivity index (χ2v) is 14.2. The number of benzene rings is 4. The zero-order valence-corrected chi connectivity index (χ0v) is 25.8. The van der Waals surface area contributed by atoms with E-state index in [1.54, 1.807) is 103 Å². The summed E-state index contributed by atoms with van der Waals surface area (Å²) >= 11 is 0. The largest absolute Gasteiger partial charge is 0.492 e. The minimum absolute atomic E-state index is 0.0924. The van der Waals surface area contributed by atoms with Crippen molar-refractivity contribution in [2.24, 2.45) is 0 Å². The number of carbonyl (C=O) groups excluding carboxylic acids is 1. The highest BCUT2D eigenvalue weighted by atomic mass is 32.2. The molecule has 11 heteroatoms. The molecule has 230 valence electrons. The number of amides is 1. The molecule has 0 aliphatic carbocycles. The Labute approximate surface area is 259 Å². The molecule has 0 unspecified atom stereocenters. The minimum atomic E-state index is -3.82. The van der Waals surface area contributed by atoms with Crippen molar-refractivity contribution in [2.75, 3.05) is 30.5 Å². The number of hydrogen-bond donors (Lipinski definition) is 1. The van der Waals surface area contributed by atoms with Crippen molar-refractivity contribution >= 4 is 31.6 Å². The number of hydrogen-bond acceptors (Lipinski definition) is 6. The maximum atomic E-state index is 13.5. The van der Waals surface area contributed by atoms with Crippen LogP contribution in [0.15, 0.2) is 119 Å². The average molecular weight is 634 g/mol. The SMILES string of the molecule is O=C(NCCOc1ccc(S(=O)(=O)N2CCCCC2)cc1)c1ccc(CN(c2ccccc2)S(=O)(=O)c2ccccc2)cc1. The van der Waals surface area contributed by atoms with Crippen LogP contribution < -0.4 is 14.4 Å². The Kier molecular flexibility index (Phi) is 9.99. The van der Waals surface area contributed by atoms with Crippen molar-refractivity contribution in [3.8, 4) is 5.75 Å². The summed E-state index contributed by atoms with van der Waals surface area (Å²) in [6.45, 7) is 1.63. The number of nitrogens with zero attached hydrogens (tertiary/aromatic N) is 2. The molecule has 9 nitrogen and oxygen atoms in total. The number of nitrogens with one attached hydrogen (secondary N) is 1. The van der Waals surface area contributed by atoms with Gasteiger partial charge in [0, 0.05) is 18.7 Å². The van der Waals surface area contributed by atoms with E-state index in [0.29, 0.717) is 30.1 Å². The van der Waals surface area contributed by atoms with Gasteiger partial charge in [0.15, 0.2) is 0 Å². The summed E-state index contributed by atoms with van der Waals surface area (Å²) in [6, 6.07) is 30.3. The first kappa shape index (κ1) is 31.2. The van der Waals surface area contributed by atoms with Gasteiger partial charge < -0.3 is 10.1 Å². The summed E-state index contributed by atoms with van der Waals surface area (Å²) in [5.41, 5.74) is 1.69. The first-order valence-electron chi connectivity index (χ1n) is 14.5. The molecule has 1 fully saturated rings. The topological polar surface area (TPSA) is 113 Å². The lowest BCUT2D eigenvalue weighted by Gasteiger charge is -2.25. The number of piperidine rings is 1. The lowest BCUT2D eigenvalue weighted by molar-refractivity contribution is 0.0947. The van der Waals surface area contributed by atoms with Gasteiger partial charge >= 0.3 is 0 Å². The Morgan fingerprint density at radius 2 is 1.34 bits per heavy atom. The third kappa shape index (κ3) is 7.47. The van der Waals surface area contributed by atoms with Crippen molar-refractivity contribution < 1.29 is 26.4 Å². The van der Waals surface area contributed by atoms with Gasteiger partial charge in [0.2, 0.25) is 10.0 Å². The summed E-state index contributed by atoms with van der Waals surface area (Å²) in [6.07, 6.45) is 2.81. The first-order chi connectivity index (χ1) is 21.2. The normalized spacial score (nSPS) is 14.1. The molecule has 1 N–H and O–H groups in total. The van der Waals surface area contributed by atoms with Crippen LogP contribution in [0.2, 0.25) is 0 Å². The van der Waals surface area contributed by atoms with Crippen molar-refractivity contribution in [1.82, 2.24) is 9.62 Å². The number of anilines is 1. The minimum Gasteiger partial charge on any atom is -0.492 e. The van der Waals surface area contributed by atoms with E-state index in [4.69, 9.17) is 4.74 Å². The Morgan fingerprint density at radius 3 is 1.98 bits per heavy atom. The maximum Gasteiger partial charge on any atom is 0.264 e. The van der Waals surface area contributed by atoms with E-state index < -0.39 is 20.0 Å². The molecule has 0 atom stereocenters. The zero-order valence-electron chi connectivity index (χ0n) is 24.2. The molecule has 0 aromatic heterocycles. The van der Waals surface area contributed by atoms with Gasteiger partial charge in [0.1, 0.15) is 12.4 Å². The van der Waals surface area contributed by atoms with Gasteiger partial charge in [0.05, 0.1) is 28.6 Å². The molecule has 1 saturated heterocycles. The van der Waals surface area contributed by atoms with Crippen LogP contribution in [0, 0.1) is 0 Å². The van der Waals surface area contributed by atoms with E-state index in [1.165, 1.54) is 8.61 Å². The second kappa shape index (κ2) is 14.1. The summed E-state index contributed by atoms with van der Waals surface area (Å²) in [5, 5.41) is 2.81. The molecule has 0 spiro atoms. The quantitative estimate of drug-likeness (QED) is 0.218. The average Bonchev–Trinajstić information content (AvgIpc) is 3.07. The molecule has 44 heavy (non-hydrogen) atoms. The molecule has 0 saturated carbocycles. The van der Waals surface area contributed by atoms with Gasteiger partial charge in [-0.2, -0.15) is 4.31 Å². The molecular weight excluding hydrogens is 599 g/mol. The summed E-state index contributed by atoms with van der Waals surface area (Å²) in [4.78, 5) is 13.2. The van der Waals surface area contributed by atoms with E-state index in [-0.39, 0.29) is 35.4 Å². The fourth-order valence-electron chi connectivity index (χ4n) is 4.95. The van der Waals surface area contributed by atoms with Crippen molar-refractivity contribution in [3.05, 3.63) is 120 Å². The van der Waals surface area contributed by atoms with Crippen LogP contribution in [0.3, 0.4) is 0 Å². The van der Waals surface area contributed by atoms with Gasteiger partial charge in [-0.3, -0.25) is 9.10 Å². The van der Waals surface area contributed by atoms with E-state index >= 15 is 0 Å². The predicted octanol–water partition coefficient (Wildman–Crippen LogP) is 5.07. The Morgan fingerprint density at radius 1 is 0.727 bits per heavy atom. The Balaban J connectivity index is 1.15. The fourth-order valence-corrected chi connectivity index (χ4v) is 7.94. The van der Waals surface area contributed by atoms with Gasteiger partial charge in [-0.25, -0.2) is 16.8 Å². The number of ether oxygens (including phenoxy) is 1. The van der Waals surface area contributed by atoms with Crippen LogP contribution in [0.25, 0.3) is 0 Å². The molecule has 0 bridgehead atoms. The van der Waals surface area contributed by atoms with Gasteiger partial charge in [0.25, 0.3) is 15.9 Å². The van der Waals surface area contributed by atoms with Crippen LogP contribution in [-0.2, 0) is 26.6 Å². The maximum absolute atomic E-state index is 13.5. The standard InChI is InChI=1S/C33H35N3O6S2/c37-33(34-22-25-42-30-18-20-32(21-19-30)43(38,39)35-23-8-3-9-24-35)28-16-14-27(15-17-28)26-36(29-10-4-1-5-11-29)44(40,41)31-12-6-2-7-13-31/h1-2,4-7,10-21H,3,8-9,22-26H2,(H,34,37). The van der Waals surface area contributed by atoms with Gasteiger partial charge in [-0.05, 0) is 79.1 Å². The van der Waals surface area contributed by atoms with Crippen molar-refractivity contribution in [1.29, 1.82) is 0 Å². The highest BCUT2D eigenvalue weighted by molar-refractivity contribution is 7.92. The lowest BCUT2D eigenvalue weighted by Crippen LogP contribution is -2.35. The second-order valence-electron chi connectivity index (χ2n) is 10.4. The summed E-state index contributed by atoms with van der Waals surface area (Å²) in [7, 11) is -7.33. The number of carbonyl (C=O) groups is 1. The van der Waals surface area contributed by atoms with E-state index in [0.717, 1.165) is 24.8 Å². The third-order valence-electron chi connectivity index (χ3n) is 7.35. The van der Waals surface area contributed by atoms with Crippen molar-refractivity contribution in [3.63, 3.8) is 0 Å². The van der Waals surface area contributed by atoms with Crippen LogP contribution in [0.5, 0.6) is 5.75 Å². The van der Waals surface area contributed by atoms with E-state index in [9.17, 15) is 21.6 Å². The first-order valence-corrected chi connectivity index (χ1v) is 17.4. The van der Waals surface area contributed by atoms with Gasteiger partial charge in [-0.1, -0.05) is 55.0 Å². The van der Waals surface area contributed by atoms with Crippen LogP contribution >= 0.6 is 0 Å². The molecule has 4 aromatic carbocycles. The number of para-hydroxylation sites is 1. The zero-order chi connectivity index (χ0) is 31.0. The monoisotopic (exact) mass is 633 g/mol. The van der Waals surface area contributed by atoms with E-state index in [1.807, 2.05) is 6.07 Å². The molecular formula is C33H35N3O6S2. The van der Waals surface area contributed by atoms with Gasteiger partial charge in [-0.15, -0.1) is 0 Å². The lowest BCUT2D eigenvalue weighted by atomic mass is 10.1. The van der Waals surface area contributed by atoms with Crippen LogP contribution in [0.4, 0.5) is 5.69 Å². The summed E-state index contributed by atoms with van der Waals surface area (Å²) in [5.74, 6) is 0.217. The van der Waals surface area contributed by atoms with Crippen LogP contribution in [0.1, 0.15) is 35.2 Å². The van der Waals surface area contributed by atoms with Crippen molar-refractivity contribution in [2.45, 2.75) is 35.6 Å². The van der Waals surface area contributed by atoms with Crippen LogP contribution in [-0.4, -0.2) is 53.3 Å². The molecule has 1 aliphatic rings. The summed E-state index contributed by atoms with van der Waals surface area (Å²) < 4.78 is 61.2. The molecule has 1 amide bonds.